The molecule has 2 amide bonds. The smallest absolute Gasteiger partial charge is 0.275 e. The number of rotatable bonds is 4. The molecule has 1 N–H and O–H groups in total. The highest BCUT2D eigenvalue weighted by atomic mass is 16.2. The van der Waals surface area contributed by atoms with Gasteiger partial charge in [-0.2, -0.15) is 5.10 Å². The number of fused-ring (bicyclic) bond motifs is 1. The third-order valence-corrected chi connectivity index (χ3v) is 4.59. The van der Waals surface area contributed by atoms with Crippen LogP contribution in [0.5, 0.6) is 0 Å². The molecule has 0 bridgehead atoms. The van der Waals surface area contributed by atoms with Crippen molar-refractivity contribution in [2.24, 2.45) is 0 Å². The second-order valence-electron chi connectivity index (χ2n) is 6.44. The molecule has 0 atom stereocenters. The highest BCUT2D eigenvalue weighted by Gasteiger charge is 2.21. The standard InChI is InChI=1S/C20H18N4O3/c25-18(13-24-20(27)17-5-2-1-4-14(17)12-21-24)22-15-7-9-16(10-8-15)23-11-3-6-19(23)26/h1-2,4-5,7-10,12H,3,6,11,13H2,(H,22,25). The van der Waals surface area contributed by atoms with E-state index < -0.39 is 0 Å². The highest BCUT2D eigenvalue weighted by Crippen LogP contribution is 2.23. The molecule has 0 saturated carbocycles. The van der Waals surface area contributed by atoms with Crippen molar-refractivity contribution in [2.45, 2.75) is 19.4 Å². The molecule has 1 aliphatic rings. The van der Waals surface area contributed by atoms with Gasteiger partial charge >= 0.3 is 0 Å². The summed E-state index contributed by atoms with van der Waals surface area (Å²) in [4.78, 5) is 38.2. The Kier molecular flexibility index (Phi) is 4.42. The molecule has 4 rings (SSSR count). The van der Waals surface area contributed by atoms with Gasteiger partial charge < -0.3 is 10.2 Å². The van der Waals surface area contributed by atoms with E-state index in [1.165, 1.54) is 0 Å². The zero-order valence-electron chi connectivity index (χ0n) is 14.6. The van der Waals surface area contributed by atoms with Crippen LogP contribution >= 0.6 is 0 Å². The molecule has 7 nitrogen and oxygen atoms in total. The molecule has 0 aliphatic carbocycles. The summed E-state index contributed by atoms with van der Waals surface area (Å²) in [6, 6.07) is 14.2. The predicted octanol–water partition coefficient (Wildman–Crippen LogP) is 2.16. The largest absolute Gasteiger partial charge is 0.324 e. The summed E-state index contributed by atoms with van der Waals surface area (Å²) < 4.78 is 1.15. The maximum atomic E-state index is 12.4. The average molecular weight is 362 g/mol. The molecule has 3 aromatic rings. The summed E-state index contributed by atoms with van der Waals surface area (Å²) in [5, 5.41) is 8.08. The first-order valence-corrected chi connectivity index (χ1v) is 8.77. The normalized spacial score (nSPS) is 13.9. The van der Waals surface area contributed by atoms with E-state index in [1.54, 1.807) is 53.6 Å². The Morgan fingerprint density at radius 2 is 1.85 bits per heavy atom. The first-order valence-electron chi connectivity index (χ1n) is 8.77. The number of hydrogen-bond donors (Lipinski definition) is 1. The van der Waals surface area contributed by atoms with Crippen molar-refractivity contribution < 1.29 is 9.59 Å². The minimum Gasteiger partial charge on any atom is -0.324 e. The minimum absolute atomic E-state index is 0.119. The van der Waals surface area contributed by atoms with E-state index in [0.29, 0.717) is 17.5 Å². The summed E-state index contributed by atoms with van der Waals surface area (Å²) in [6.07, 6.45) is 3.02. The SMILES string of the molecule is O=C(Cn1ncc2ccccc2c1=O)Nc1ccc(N2CCCC2=O)cc1. The zero-order valence-corrected chi connectivity index (χ0v) is 14.6. The molecule has 1 aromatic heterocycles. The molecule has 1 aliphatic heterocycles. The molecular weight excluding hydrogens is 344 g/mol. The van der Waals surface area contributed by atoms with Crippen LogP contribution in [0.25, 0.3) is 10.8 Å². The molecule has 2 heterocycles. The molecule has 7 heteroatoms. The summed E-state index contributed by atoms with van der Waals surface area (Å²) in [6.45, 7) is 0.553. The summed E-state index contributed by atoms with van der Waals surface area (Å²) >= 11 is 0. The van der Waals surface area contributed by atoms with Crippen molar-refractivity contribution in [1.29, 1.82) is 0 Å². The van der Waals surface area contributed by atoms with Crippen LogP contribution < -0.4 is 15.8 Å². The quantitative estimate of drug-likeness (QED) is 0.771. The predicted molar refractivity (Wildman–Crippen MR) is 103 cm³/mol. The molecule has 0 spiro atoms. The lowest BCUT2D eigenvalue weighted by Gasteiger charge is -2.16. The molecule has 0 radical (unpaired) electrons. The number of aromatic nitrogens is 2. The number of carbonyl (C=O) groups excluding carboxylic acids is 2. The van der Waals surface area contributed by atoms with E-state index in [0.717, 1.165) is 28.7 Å². The molecule has 136 valence electrons. The number of benzene rings is 2. The molecular formula is C20H18N4O3. The van der Waals surface area contributed by atoms with E-state index >= 15 is 0 Å². The topological polar surface area (TPSA) is 84.3 Å². The fourth-order valence-corrected chi connectivity index (χ4v) is 3.22. The first kappa shape index (κ1) is 17.0. The van der Waals surface area contributed by atoms with Crippen molar-refractivity contribution >= 4 is 34.0 Å². The number of amides is 2. The molecule has 2 aromatic carbocycles. The van der Waals surface area contributed by atoms with Crippen LogP contribution in [0.4, 0.5) is 11.4 Å². The van der Waals surface area contributed by atoms with Crippen LogP contribution in [0, 0.1) is 0 Å². The Hall–Kier alpha value is -3.48. The van der Waals surface area contributed by atoms with E-state index in [1.807, 2.05) is 6.07 Å². The molecule has 0 unspecified atom stereocenters. The second-order valence-corrected chi connectivity index (χ2v) is 6.44. The van der Waals surface area contributed by atoms with Crippen molar-refractivity contribution in [3.63, 3.8) is 0 Å². The Morgan fingerprint density at radius 3 is 2.59 bits per heavy atom. The van der Waals surface area contributed by atoms with Crippen LogP contribution in [0.2, 0.25) is 0 Å². The number of hydrogen-bond acceptors (Lipinski definition) is 4. The molecule has 1 saturated heterocycles. The minimum atomic E-state index is -0.343. The van der Waals surface area contributed by atoms with Crippen LogP contribution in [-0.2, 0) is 16.1 Å². The lowest BCUT2D eigenvalue weighted by atomic mass is 10.2. The maximum Gasteiger partial charge on any atom is 0.275 e. The number of anilines is 2. The summed E-state index contributed by atoms with van der Waals surface area (Å²) in [7, 11) is 0. The van der Waals surface area contributed by atoms with Gasteiger partial charge in [-0.3, -0.25) is 14.4 Å². The first-order chi connectivity index (χ1) is 13.1. The van der Waals surface area contributed by atoms with Gasteiger partial charge in [-0.25, -0.2) is 4.68 Å². The van der Waals surface area contributed by atoms with E-state index in [4.69, 9.17) is 0 Å². The Balaban J connectivity index is 1.46. The van der Waals surface area contributed by atoms with E-state index in [-0.39, 0.29) is 23.9 Å². The average Bonchev–Trinajstić information content (AvgIpc) is 3.11. The fourth-order valence-electron chi connectivity index (χ4n) is 3.22. The van der Waals surface area contributed by atoms with Gasteiger partial charge in [-0.15, -0.1) is 0 Å². The second kappa shape index (κ2) is 7.03. The van der Waals surface area contributed by atoms with Crippen molar-refractivity contribution in [3.05, 3.63) is 65.1 Å². The van der Waals surface area contributed by atoms with Crippen molar-refractivity contribution in [2.75, 3.05) is 16.8 Å². The van der Waals surface area contributed by atoms with E-state index in [2.05, 4.69) is 10.4 Å². The van der Waals surface area contributed by atoms with Crippen molar-refractivity contribution in [1.82, 2.24) is 9.78 Å². The Labute approximate surface area is 155 Å². The van der Waals surface area contributed by atoms with Crippen LogP contribution in [0.15, 0.2) is 59.5 Å². The molecule has 27 heavy (non-hydrogen) atoms. The monoisotopic (exact) mass is 362 g/mol. The zero-order chi connectivity index (χ0) is 18.8. The van der Waals surface area contributed by atoms with Crippen molar-refractivity contribution in [3.8, 4) is 0 Å². The van der Waals surface area contributed by atoms with Gasteiger partial charge in [0.1, 0.15) is 6.54 Å². The highest BCUT2D eigenvalue weighted by molar-refractivity contribution is 5.96. The van der Waals surface area contributed by atoms with Gasteiger partial charge in [0, 0.05) is 29.7 Å². The lowest BCUT2D eigenvalue weighted by molar-refractivity contribution is -0.117. The third kappa shape index (κ3) is 3.44. The van der Waals surface area contributed by atoms with Crippen LogP contribution in [-0.4, -0.2) is 28.1 Å². The lowest BCUT2D eigenvalue weighted by Crippen LogP contribution is -2.29. The number of nitrogens with one attached hydrogen (secondary N) is 1. The summed E-state index contributed by atoms with van der Waals surface area (Å²) in [5.74, 6) is -0.224. The van der Waals surface area contributed by atoms with Crippen LogP contribution in [0.3, 0.4) is 0 Å². The van der Waals surface area contributed by atoms with Gasteiger partial charge in [0.05, 0.1) is 11.6 Å². The maximum absolute atomic E-state index is 12.4. The Morgan fingerprint density at radius 1 is 1.07 bits per heavy atom. The fraction of sp³-hybridized carbons (Fsp3) is 0.200. The third-order valence-electron chi connectivity index (χ3n) is 4.59. The van der Waals surface area contributed by atoms with Gasteiger partial charge in [-0.1, -0.05) is 18.2 Å². The van der Waals surface area contributed by atoms with Gasteiger partial charge in [0.2, 0.25) is 11.8 Å². The van der Waals surface area contributed by atoms with E-state index in [9.17, 15) is 14.4 Å². The van der Waals surface area contributed by atoms with Crippen LogP contribution in [0.1, 0.15) is 12.8 Å². The van der Waals surface area contributed by atoms with Gasteiger partial charge in [0.15, 0.2) is 0 Å². The summed E-state index contributed by atoms with van der Waals surface area (Å²) in [5.41, 5.74) is 1.12. The number of nitrogens with zero attached hydrogens (tertiary/aromatic N) is 3. The Bertz CT molecular complexity index is 1070. The van der Waals surface area contributed by atoms with Gasteiger partial charge in [-0.05, 0) is 36.8 Å². The van der Waals surface area contributed by atoms with Gasteiger partial charge in [0.25, 0.3) is 5.56 Å². The molecule has 1 fully saturated rings. The number of carbonyl (C=O) groups is 2.